The molecular weight excluding hydrogens is 271 g/mol. The molecule has 1 aromatic heterocycles. The zero-order valence-electron chi connectivity index (χ0n) is 12.2. The Hall–Kier alpha value is -1.72. The van der Waals surface area contributed by atoms with E-state index in [4.69, 9.17) is 9.47 Å². The Morgan fingerprint density at radius 2 is 2.24 bits per heavy atom. The third kappa shape index (κ3) is 2.99. The number of aryl methyl sites for hydroxylation is 1. The molecule has 3 rings (SSSR count). The number of ether oxygens (including phenoxy) is 2. The van der Waals surface area contributed by atoms with Gasteiger partial charge in [0.1, 0.15) is 17.7 Å². The van der Waals surface area contributed by atoms with Crippen molar-refractivity contribution in [3.8, 4) is 0 Å². The Bertz CT molecular complexity index is 647. The van der Waals surface area contributed by atoms with Crippen LogP contribution in [0.2, 0.25) is 0 Å². The summed E-state index contributed by atoms with van der Waals surface area (Å²) >= 11 is 0. The van der Waals surface area contributed by atoms with Crippen LogP contribution in [0, 0.1) is 12.7 Å². The lowest BCUT2D eigenvalue weighted by atomic mass is 10.1. The highest BCUT2D eigenvalue weighted by Gasteiger charge is 2.25. The first-order valence-corrected chi connectivity index (χ1v) is 7.11. The first-order chi connectivity index (χ1) is 10.2. The van der Waals surface area contributed by atoms with Crippen LogP contribution in [-0.4, -0.2) is 37.5 Å². The van der Waals surface area contributed by atoms with E-state index in [9.17, 15) is 4.39 Å². The van der Waals surface area contributed by atoms with Gasteiger partial charge in [0.25, 0.3) is 0 Å². The number of rotatable bonds is 3. The Morgan fingerprint density at radius 1 is 1.38 bits per heavy atom. The Morgan fingerprint density at radius 3 is 3.05 bits per heavy atom. The number of aromatic nitrogens is 1. The monoisotopic (exact) mass is 290 g/mol. The molecule has 1 N–H and O–H groups in total. The van der Waals surface area contributed by atoms with Crippen molar-refractivity contribution in [1.29, 1.82) is 0 Å². The summed E-state index contributed by atoms with van der Waals surface area (Å²) in [6.45, 7) is 3.29. The molecule has 0 spiro atoms. The molecule has 1 aliphatic rings. The minimum absolute atomic E-state index is 0.00376. The van der Waals surface area contributed by atoms with Crippen molar-refractivity contribution >= 4 is 16.7 Å². The Kier molecular flexibility index (Phi) is 4.03. The second kappa shape index (κ2) is 5.95. The topological polar surface area (TPSA) is 43.4 Å². The lowest BCUT2D eigenvalue weighted by molar-refractivity contribution is -0.0367. The van der Waals surface area contributed by atoms with Crippen LogP contribution < -0.4 is 5.32 Å². The molecule has 2 atom stereocenters. The SMILES string of the molecule is CO[C@H]1COCC[C@@H]1Nc1cc(C)c2ccc(F)cc2n1. The predicted octanol–water partition coefficient (Wildman–Crippen LogP) is 2.90. The van der Waals surface area contributed by atoms with Gasteiger partial charge in [0.05, 0.1) is 18.2 Å². The standard InChI is InChI=1S/C16H19FN2O2/c1-10-7-16(18-13-5-6-21-9-15(13)20-2)19-14-8-11(17)3-4-12(10)14/h3-4,7-8,13,15H,5-6,9H2,1-2H3,(H,18,19)/t13-,15-/m0/s1. The van der Waals surface area contributed by atoms with E-state index in [1.165, 1.54) is 12.1 Å². The molecule has 5 heteroatoms. The molecule has 1 fully saturated rings. The number of methoxy groups -OCH3 is 1. The molecule has 1 aromatic carbocycles. The largest absolute Gasteiger partial charge is 0.379 e. The maximum atomic E-state index is 13.4. The molecule has 1 saturated heterocycles. The summed E-state index contributed by atoms with van der Waals surface area (Å²) in [5.41, 5.74) is 1.74. The Labute approximate surface area is 123 Å². The van der Waals surface area contributed by atoms with Gasteiger partial charge in [-0.15, -0.1) is 0 Å². The van der Waals surface area contributed by atoms with Crippen molar-refractivity contribution in [2.45, 2.75) is 25.5 Å². The van der Waals surface area contributed by atoms with Crippen LogP contribution in [0.4, 0.5) is 10.2 Å². The second-order valence-corrected chi connectivity index (χ2v) is 5.37. The van der Waals surface area contributed by atoms with Gasteiger partial charge in [-0.2, -0.15) is 0 Å². The molecule has 0 saturated carbocycles. The smallest absolute Gasteiger partial charge is 0.127 e. The van der Waals surface area contributed by atoms with Crippen LogP contribution in [0.15, 0.2) is 24.3 Å². The second-order valence-electron chi connectivity index (χ2n) is 5.37. The number of pyridine rings is 1. The van der Waals surface area contributed by atoms with Gasteiger partial charge in [0.15, 0.2) is 0 Å². The van der Waals surface area contributed by atoms with E-state index in [2.05, 4.69) is 10.3 Å². The third-order valence-electron chi connectivity index (χ3n) is 3.92. The highest BCUT2D eigenvalue weighted by Crippen LogP contribution is 2.23. The van der Waals surface area contributed by atoms with Gasteiger partial charge in [-0.3, -0.25) is 0 Å². The summed E-state index contributed by atoms with van der Waals surface area (Å²) in [6.07, 6.45) is 0.865. The van der Waals surface area contributed by atoms with E-state index in [-0.39, 0.29) is 18.0 Å². The van der Waals surface area contributed by atoms with Gasteiger partial charge in [0, 0.05) is 25.2 Å². The van der Waals surface area contributed by atoms with Crippen molar-refractivity contribution in [2.24, 2.45) is 0 Å². The zero-order valence-corrected chi connectivity index (χ0v) is 12.2. The number of benzene rings is 1. The quantitative estimate of drug-likeness (QED) is 0.944. The van der Waals surface area contributed by atoms with E-state index >= 15 is 0 Å². The van der Waals surface area contributed by atoms with Crippen molar-refractivity contribution < 1.29 is 13.9 Å². The van der Waals surface area contributed by atoms with E-state index in [0.29, 0.717) is 18.7 Å². The molecule has 1 aliphatic heterocycles. The average molecular weight is 290 g/mol. The molecule has 0 unspecified atom stereocenters. The summed E-state index contributed by atoms with van der Waals surface area (Å²) in [5, 5.41) is 4.37. The van der Waals surface area contributed by atoms with Gasteiger partial charge in [-0.05, 0) is 37.1 Å². The van der Waals surface area contributed by atoms with Crippen LogP contribution in [0.25, 0.3) is 10.9 Å². The fraction of sp³-hybridized carbons (Fsp3) is 0.438. The fourth-order valence-corrected chi connectivity index (χ4v) is 2.75. The van der Waals surface area contributed by atoms with E-state index in [1.54, 1.807) is 13.2 Å². The van der Waals surface area contributed by atoms with Crippen LogP contribution in [0.1, 0.15) is 12.0 Å². The molecular formula is C16H19FN2O2. The van der Waals surface area contributed by atoms with Crippen molar-refractivity contribution in [1.82, 2.24) is 4.98 Å². The lowest BCUT2D eigenvalue weighted by Crippen LogP contribution is -2.43. The molecule has 4 nitrogen and oxygen atoms in total. The molecule has 0 radical (unpaired) electrons. The summed E-state index contributed by atoms with van der Waals surface area (Å²) in [7, 11) is 1.68. The lowest BCUT2D eigenvalue weighted by Gasteiger charge is -2.31. The molecule has 21 heavy (non-hydrogen) atoms. The fourth-order valence-electron chi connectivity index (χ4n) is 2.75. The highest BCUT2D eigenvalue weighted by atomic mass is 19.1. The normalized spacial score (nSPS) is 22.4. The van der Waals surface area contributed by atoms with E-state index in [1.807, 2.05) is 13.0 Å². The molecule has 2 heterocycles. The summed E-state index contributed by atoms with van der Waals surface area (Å²) in [5.74, 6) is 0.479. The minimum Gasteiger partial charge on any atom is -0.379 e. The van der Waals surface area contributed by atoms with Crippen molar-refractivity contribution in [2.75, 3.05) is 25.6 Å². The van der Waals surface area contributed by atoms with E-state index < -0.39 is 0 Å². The van der Waals surface area contributed by atoms with Crippen LogP contribution >= 0.6 is 0 Å². The van der Waals surface area contributed by atoms with Crippen LogP contribution in [0.5, 0.6) is 0 Å². The van der Waals surface area contributed by atoms with Gasteiger partial charge in [-0.1, -0.05) is 0 Å². The maximum absolute atomic E-state index is 13.4. The number of fused-ring (bicyclic) bond motifs is 1. The van der Waals surface area contributed by atoms with Gasteiger partial charge >= 0.3 is 0 Å². The van der Waals surface area contributed by atoms with E-state index in [0.717, 1.165) is 23.2 Å². The average Bonchev–Trinajstić information content (AvgIpc) is 2.47. The number of nitrogens with one attached hydrogen (secondary N) is 1. The Balaban J connectivity index is 1.89. The first-order valence-electron chi connectivity index (χ1n) is 7.11. The highest BCUT2D eigenvalue weighted by molar-refractivity contribution is 5.83. The van der Waals surface area contributed by atoms with Gasteiger partial charge in [-0.25, -0.2) is 9.37 Å². The first kappa shape index (κ1) is 14.2. The number of anilines is 1. The summed E-state index contributed by atoms with van der Waals surface area (Å²) < 4.78 is 24.2. The zero-order chi connectivity index (χ0) is 14.8. The predicted molar refractivity (Wildman–Crippen MR) is 80.1 cm³/mol. The maximum Gasteiger partial charge on any atom is 0.127 e. The molecule has 2 aromatic rings. The number of nitrogens with zero attached hydrogens (tertiary/aromatic N) is 1. The van der Waals surface area contributed by atoms with Gasteiger partial charge in [0.2, 0.25) is 0 Å². The number of hydrogen-bond acceptors (Lipinski definition) is 4. The van der Waals surface area contributed by atoms with Crippen molar-refractivity contribution in [3.63, 3.8) is 0 Å². The third-order valence-corrected chi connectivity index (χ3v) is 3.92. The van der Waals surface area contributed by atoms with Crippen LogP contribution in [0.3, 0.4) is 0 Å². The number of halogens is 1. The van der Waals surface area contributed by atoms with Crippen LogP contribution in [-0.2, 0) is 9.47 Å². The van der Waals surface area contributed by atoms with Gasteiger partial charge < -0.3 is 14.8 Å². The minimum atomic E-state index is -0.271. The molecule has 0 bridgehead atoms. The molecule has 112 valence electrons. The summed E-state index contributed by atoms with van der Waals surface area (Å²) in [4.78, 5) is 4.51. The number of hydrogen-bond donors (Lipinski definition) is 1. The summed E-state index contributed by atoms with van der Waals surface area (Å²) in [6, 6.07) is 6.84. The molecule has 0 amide bonds. The van der Waals surface area contributed by atoms with Crippen molar-refractivity contribution in [3.05, 3.63) is 35.6 Å². The molecule has 0 aliphatic carbocycles.